The van der Waals surface area contributed by atoms with Crippen LogP contribution in [0.1, 0.15) is 36.8 Å². The summed E-state index contributed by atoms with van der Waals surface area (Å²) < 4.78 is 0. The minimum atomic E-state index is -0.129. The molecule has 1 aromatic rings. The van der Waals surface area contributed by atoms with E-state index in [0.29, 0.717) is 0 Å². The molecule has 2 rings (SSSR count). The summed E-state index contributed by atoms with van der Waals surface area (Å²) in [5, 5.41) is 3.85. The fourth-order valence-corrected chi connectivity index (χ4v) is 2.43. The Balaban J connectivity index is 2.05. The molecule has 0 aromatic heterocycles. The lowest BCUT2D eigenvalue weighted by atomic mass is 9.86. The van der Waals surface area contributed by atoms with Crippen molar-refractivity contribution in [3.8, 4) is 0 Å². The number of hydrogen-bond acceptors (Lipinski definition) is 3. The van der Waals surface area contributed by atoms with E-state index in [1.165, 1.54) is 5.56 Å². The molecule has 1 aliphatic heterocycles. The molecule has 0 aliphatic carbocycles. The zero-order valence-corrected chi connectivity index (χ0v) is 11.3. The van der Waals surface area contributed by atoms with Crippen molar-refractivity contribution in [2.75, 3.05) is 6.54 Å². The number of carbonyl (C=O) groups is 1. The molecule has 0 fully saturated rings. The highest BCUT2D eigenvalue weighted by atomic mass is 16.2. The number of benzene rings is 1. The average molecular weight is 259 g/mol. The Morgan fingerprint density at radius 2 is 2.00 bits per heavy atom. The zero-order chi connectivity index (χ0) is 13.7. The summed E-state index contributed by atoms with van der Waals surface area (Å²) >= 11 is 0. The number of hydrazone groups is 1. The lowest BCUT2D eigenvalue weighted by Crippen LogP contribution is -2.34. The molecule has 1 aromatic carbocycles. The predicted octanol–water partition coefficient (Wildman–Crippen LogP) is 1.80. The van der Waals surface area contributed by atoms with Crippen LogP contribution < -0.4 is 11.2 Å². The smallest absolute Gasteiger partial charge is 0.248 e. The molecule has 1 aliphatic rings. The van der Waals surface area contributed by atoms with Crippen molar-refractivity contribution >= 4 is 12.1 Å². The van der Waals surface area contributed by atoms with Gasteiger partial charge in [-0.05, 0) is 36.9 Å². The van der Waals surface area contributed by atoms with Crippen molar-refractivity contribution in [3.63, 3.8) is 0 Å². The minimum Gasteiger partial charge on any atom is -0.330 e. The second-order valence-corrected chi connectivity index (χ2v) is 5.08. The lowest BCUT2D eigenvalue weighted by molar-refractivity contribution is -0.123. The Kier molecular flexibility index (Phi) is 4.68. The number of hydrogen-bond donors (Lipinski definition) is 2. The van der Waals surface area contributed by atoms with Crippen molar-refractivity contribution in [2.24, 2.45) is 16.8 Å². The van der Waals surface area contributed by atoms with Crippen LogP contribution in [0.5, 0.6) is 0 Å². The van der Waals surface area contributed by atoms with E-state index in [9.17, 15) is 4.79 Å². The summed E-state index contributed by atoms with van der Waals surface area (Å²) in [6.07, 6.45) is 5.01. The third kappa shape index (κ3) is 3.41. The molecule has 0 spiro atoms. The Morgan fingerprint density at radius 1 is 1.26 bits per heavy atom. The molecular weight excluding hydrogens is 238 g/mol. The second-order valence-electron chi connectivity index (χ2n) is 5.08. The number of unbranched alkanes of at least 4 members (excludes halogenated alkanes) is 1. The van der Waals surface area contributed by atoms with Gasteiger partial charge in [0.25, 0.3) is 0 Å². The first-order chi connectivity index (χ1) is 9.22. The number of carbonyl (C=O) groups excluding carboxylic acids is 1. The van der Waals surface area contributed by atoms with Crippen LogP contribution in [-0.2, 0) is 11.2 Å². The largest absolute Gasteiger partial charge is 0.330 e. The predicted molar refractivity (Wildman–Crippen MR) is 77.0 cm³/mol. The van der Waals surface area contributed by atoms with Gasteiger partial charge in [0.2, 0.25) is 5.91 Å². The van der Waals surface area contributed by atoms with E-state index < -0.39 is 0 Å². The SMILES string of the molecule is CC1C=NNC(=O)C1c1ccc(CCCCN)cc1. The third-order valence-electron chi connectivity index (χ3n) is 3.55. The average Bonchev–Trinajstić information content (AvgIpc) is 2.40. The quantitative estimate of drug-likeness (QED) is 0.792. The first kappa shape index (κ1) is 13.7. The fraction of sp³-hybridized carbons (Fsp3) is 0.467. The number of rotatable bonds is 5. The topological polar surface area (TPSA) is 67.5 Å². The molecule has 0 saturated carbocycles. The van der Waals surface area contributed by atoms with E-state index in [2.05, 4.69) is 34.8 Å². The normalized spacial score (nSPS) is 22.3. The van der Waals surface area contributed by atoms with Gasteiger partial charge < -0.3 is 5.73 Å². The first-order valence-corrected chi connectivity index (χ1v) is 6.84. The first-order valence-electron chi connectivity index (χ1n) is 6.84. The molecule has 1 heterocycles. The van der Waals surface area contributed by atoms with Gasteiger partial charge in [0.15, 0.2) is 0 Å². The molecule has 19 heavy (non-hydrogen) atoms. The van der Waals surface area contributed by atoms with E-state index in [-0.39, 0.29) is 17.7 Å². The van der Waals surface area contributed by atoms with Crippen LogP contribution in [0.15, 0.2) is 29.4 Å². The van der Waals surface area contributed by atoms with Crippen molar-refractivity contribution < 1.29 is 4.79 Å². The number of amides is 1. The van der Waals surface area contributed by atoms with Gasteiger partial charge in [-0.1, -0.05) is 31.2 Å². The van der Waals surface area contributed by atoms with Crippen LogP contribution in [-0.4, -0.2) is 18.7 Å². The Labute approximate surface area is 114 Å². The Morgan fingerprint density at radius 3 is 2.63 bits per heavy atom. The van der Waals surface area contributed by atoms with Crippen molar-refractivity contribution in [1.29, 1.82) is 0 Å². The summed E-state index contributed by atoms with van der Waals surface area (Å²) in [7, 11) is 0. The van der Waals surface area contributed by atoms with Crippen molar-refractivity contribution in [1.82, 2.24) is 5.43 Å². The zero-order valence-electron chi connectivity index (χ0n) is 11.3. The van der Waals surface area contributed by atoms with Crippen LogP contribution in [0, 0.1) is 5.92 Å². The van der Waals surface area contributed by atoms with Crippen LogP contribution in [0.25, 0.3) is 0 Å². The van der Waals surface area contributed by atoms with E-state index in [0.717, 1.165) is 31.4 Å². The number of nitrogens with two attached hydrogens (primary N) is 1. The minimum absolute atomic E-state index is 0.0223. The molecule has 0 bridgehead atoms. The van der Waals surface area contributed by atoms with Gasteiger partial charge in [0.05, 0.1) is 5.92 Å². The van der Waals surface area contributed by atoms with Crippen LogP contribution in [0.4, 0.5) is 0 Å². The number of aryl methyl sites for hydroxylation is 1. The van der Waals surface area contributed by atoms with Gasteiger partial charge in [0.1, 0.15) is 0 Å². The molecule has 4 nitrogen and oxygen atoms in total. The van der Waals surface area contributed by atoms with Crippen molar-refractivity contribution in [2.45, 2.75) is 32.1 Å². The highest BCUT2D eigenvalue weighted by Crippen LogP contribution is 2.26. The second kappa shape index (κ2) is 6.48. The molecule has 3 N–H and O–H groups in total. The molecule has 2 unspecified atom stereocenters. The van der Waals surface area contributed by atoms with Crippen LogP contribution in [0.2, 0.25) is 0 Å². The monoisotopic (exact) mass is 259 g/mol. The standard InChI is InChI=1S/C15H21N3O/c1-11-10-17-18-15(19)14(11)13-7-5-12(6-8-13)4-2-3-9-16/h5-8,10-11,14H,2-4,9,16H2,1H3,(H,18,19). The van der Waals surface area contributed by atoms with E-state index in [1.54, 1.807) is 6.21 Å². The van der Waals surface area contributed by atoms with Gasteiger partial charge in [-0.3, -0.25) is 4.79 Å². The summed E-state index contributed by atoms with van der Waals surface area (Å²) in [6.45, 7) is 2.76. The van der Waals surface area contributed by atoms with Gasteiger partial charge in [-0.2, -0.15) is 5.10 Å². The summed E-state index contributed by atoms with van der Waals surface area (Å²) in [5.41, 5.74) is 10.4. The molecule has 0 radical (unpaired) electrons. The van der Waals surface area contributed by atoms with Crippen LogP contribution in [0.3, 0.4) is 0 Å². The van der Waals surface area contributed by atoms with Gasteiger partial charge in [-0.15, -0.1) is 0 Å². The summed E-state index contributed by atoms with van der Waals surface area (Å²) in [5.74, 6) is -0.0155. The van der Waals surface area contributed by atoms with Gasteiger partial charge in [0, 0.05) is 12.1 Å². The Hall–Kier alpha value is -1.68. The summed E-state index contributed by atoms with van der Waals surface area (Å²) in [4.78, 5) is 11.9. The van der Waals surface area contributed by atoms with Gasteiger partial charge >= 0.3 is 0 Å². The maximum absolute atomic E-state index is 11.9. The van der Waals surface area contributed by atoms with E-state index in [1.807, 2.05) is 6.92 Å². The maximum Gasteiger partial charge on any atom is 0.248 e. The number of nitrogens with one attached hydrogen (secondary N) is 1. The van der Waals surface area contributed by atoms with Gasteiger partial charge in [-0.25, -0.2) is 5.43 Å². The molecule has 0 saturated heterocycles. The third-order valence-corrected chi connectivity index (χ3v) is 3.55. The highest BCUT2D eigenvalue weighted by Gasteiger charge is 2.28. The van der Waals surface area contributed by atoms with Crippen molar-refractivity contribution in [3.05, 3.63) is 35.4 Å². The Bertz CT molecular complexity index is 453. The molecule has 1 amide bonds. The van der Waals surface area contributed by atoms with Crippen LogP contribution >= 0.6 is 0 Å². The molecular formula is C15H21N3O. The molecule has 4 heteroatoms. The highest BCUT2D eigenvalue weighted by molar-refractivity contribution is 5.90. The summed E-state index contributed by atoms with van der Waals surface area (Å²) in [6, 6.07) is 8.32. The number of nitrogens with zero attached hydrogens (tertiary/aromatic N) is 1. The maximum atomic E-state index is 11.9. The van der Waals surface area contributed by atoms with E-state index >= 15 is 0 Å². The van der Waals surface area contributed by atoms with E-state index in [4.69, 9.17) is 5.73 Å². The molecule has 102 valence electrons. The fourth-order valence-electron chi connectivity index (χ4n) is 2.43. The lowest BCUT2D eigenvalue weighted by Gasteiger charge is -2.23. The molecule has 2 atom stereocenters.